The van der Waals surface area contributed by atoms with Gasteiger partial charge in [-0.25, -0.2) is 0 Å². The average molecular weight is 284 g/mol. The molecule has 3 nitrogen and oxygen atoms in total. The minimum absolute atomic E-state index is 0.107. The SMILES string of the molecule is CCCCCCCCCS(=O)(=O)Oc1ccccc1. The van der Waals surface area contributed by atoms with Crippen LogP contribution in [0.1, 0.15) is 51.9 Å². The third-order valence-electron chi connectivity index (χ3n) is 2.96. The van der Waals surface area contributed by atoms with Crippen molar-refractivity contribution in [2.75, 3.05) is 5.75 Å². The molecule has 0 amide bonds. The Balaban J connectivity index is 2.17. The molecule has 0 spiro atoms. The van der Waals surface area contributed by atoms with E-state index in [1.165, 1.54) is 25.7 Å². The van der Waals surface area contributed by atoms with Crippen LogP contribution in [0.3, 0.4) is 0 Å². The number of para-hydroxylation sites is 1. The number of rotatable bonds is 10. The monoisotopic (exact) mass is 284 g/mol. The summed E-state index contributed by atoms with van der Waals surface area (Å²) in [7, 11) is -3.43. The van der Waals surface area contributed by atoms with Crippen molar-refractivity contribution < 1.29 is 12.6 Å². The lowest BCUT2D eigenvalue weighted by Gasteiger charge is -2.06. The van der Waals surface area contributed by atoms with Gasteiger partial charge in [-0.15, -0.1) is 0 Å². The van der Waals surface area contributed by atoms with Gasteiger partial charge in [-0.3, -0.25) is 0 Å². The predicted octanol–water partition coefficient (Wildman–Crippen LogP) is 4.15. The van der Waals surface area contributed by atoms with Gasteiger partial charge in [-0.05, 0) is 18.6 Å². The van der Waals surface area contributed by atoms with Gasteiger partial charge in [-0.1, -0.05) is 63.6 Å². The Labute approximate surface area is 117 Å². The first-order valence-corrected chi connectivity index (χ1v) is 8.69. The second-order valence-corrected chi connectivity index (χ2v) is 6.47. The van der Waals surface area contributed by atoms with Crippen LogP contribution in [-0.4, -0.2) is 14.2 Å². The van der Waals surface area contributed by atoms with Crippen molar-refractivity contribution in [1.82, 2.24) is 0 Å². The summed E-state index contributed by atoms with van der Waals surface area (Å²) in [6.07, 6.45) is 7.72. The fourth-order valence-corrected chi connectivity index (χ4v) is 2.95. The molecule has 4 heteroatoms. The molecule has 1 aromatic carbocycles. The van der Waals surface area contributed by atoms with Gasteiger partial charge in [-0.2, -0.15) is 8.42 Å². The van der Waals surface area contributed by atoms with E-state index in [9.17, 15) is 8.42 Å². The van der Waals surface area contributed by atoms with E-state index in [-0.39, 0.29) is 5.75 Å². The number of unbranched alkanes of at least 4 members (excludes halogenated alkanes) is 6. The zero-order valence-corrected chi connectivity index (χ0v) is 12.5. The zero-order chi connectivity index (χ0) is 14.0. The Hall–Kier alpha value is -1.03. The van der Waals surface area contributed by atoms with E-state index >= 15 is 0 Å². The van der Waals surface area contributed by atoms with E-state index in [1.807, 2.05) is 6.07 Å². The topological polar surface area (TPSA) is 43.4 Å². The zero-order valence-electron chi connectivity index (χ0n) is 11.7. The highest BCUT2D eigenvalue weighted by atomic mass is 32.2. The molecule has 0 heterocycles. The van der Waals surface area contributed by atoms with Gasteiger partial charge in [0.1, 0.15) is 5.75 Å². The summed E-state index contributed by atoms with van der Waals surface area (Å²) in [5, 5.41) is 0. The lowest BCUT2D eigenvalue weighted by atomic mass is 10.1. The van der Waals surface area contributed by atoms with Crippen molar-refractivity contribution in [3.05, 3.63) is 30.3 Å². The van der Waals surface area contributed by atoms with Crippen molar-refractivity contribution in [1.29, 1.82) is 0 Å². The van der Waals surface area contributed by atoms with Gasteiger partial charge in [0.15, 0.2) is 0 Å². The van der Waals surface area contributed by atoms with Crippen molar-refractivity contribution in [3.8, 4) is 5.75 Å². The van der Waals surface area contributed by atoms with E-state index in [1.54, 1.807) is 24.3 Å². The van der Waals surface area contributed by atoms with Crippen molar-refractivity contribution in [2.45, 2.75) is 51.9 Å². The maximum atomic E-state index is 11.7. The maximum absolute atomic E-state index is 11.7. The Bertz CT molecular complexity index is 426. The molecule has 0 aliphatic carbocycles. The van der Waals surface area contributed by atoms with Crippen LogP contribution >= 0.6 is 0 Å². The van der Waals surface area contributed by atoms with E-state index in [4.69, 9.17) is 4.18 Å². The first-order valence-electron chi connectivity index (χ1n) is 7.11. The van der Waals surface area contributed by atoms with Crippen LogP contribution in [0.4, 0.5) is 0 Å². The van der Waals surface area contributed by atoms with Crippen molar-refractivity contribution >= 4 is 10.1 Å². The Morgan fingerprint density at radius 3 is 2.11 bits per heavy atom. The third kappa shape index (κ3) is 7.88. The van der Waals surface area contributed by atoms with Crippen LogP contribution in [0, 0.1) is 0 Å². The summed E-state index contributed by atoms with van der Waals surface area (Å²) in [6, 6.07) is 8.66. The van der Waals surface area contributed by atoms with Crippen LogP contribution in [0.2, 0.25) is 0 Å². The molecule has 0 aliphatic heterocycles. The first kappa shape index (κ1) is 16.0. The molecule has 0 N–H and O–H groups in total. The molecule has 0 saturated heterocycles. The summed E-state index contributed by atoms with van der Waals surface area (Å²) in [5.74, 6) is 0.501. The smallest absolute Gasteiger partial charge is 0.309 e. The minimum Gasteiger partial charge on any atom is -0.382 e. The summed E-state index contributed by atoms with van der Waals surface area (Å²) in [5.41, 5.74) is 0. The maximum Gasteiger partial charge on any atom is 0.309 e. The van der Waals surface area contributed by atoms with Crippen LogP contribution < -0.4 is 4.18 Å². The molecule has 0 unspecified atom stereocenters. The van der Waals surface area contributed by atoms with Crippen LogP contribution in [-0.2, 0) is 10.1 Å². The molecule has 0 bridgehead atoms. The van der Waals surface area contributed by atoms with Gasteiger partial charge in [0.25, 0.3) is 0 Å². The fourth-order valence-electron chi connectivity index (χ4n) is 1.90. The van der Waals surface area contributed by atoms with Gasteiger partial charge in [0.2, 0.25) is 0 Å². The van der Waals surface area contributed by atoms with Crippen LogP contribution in [0.25, 0.3) is 0 Å². The summed E-state index contributed by atoms with van der Waals surface area (Å²) in [4.78, 5) is 0. The molecule has 1 rings (SSSR count). The van der Waals surface area contributed by atoms with Crippen LogP contribution in [0.15, 0.2) is 30.3 Å². The summed E-state index contributed by atoms with van der Waals surface area (Å²) in [6.45, 7) is 2.19. The van der Waals surface area contributed by atoms with Crippen LogP contribution in [0.5, 0.6) is 5.75 Å². The highest BCUT2D eigenvalue weighted by molar-refractivity contribution is 7.87. The molecule has 0 aromatic heterocycles. The van der Waals surface area contributed by atoms with E-state index in [0.29, 0.717) is 12.2 Å². The lowest BCUT2D eigenvalue weighted by Crippen LogP contribution is -2.13. The Morgan fingerprint density at radius 1 is 0.895 bits per heavy atom. The molecule has 0 fully saturated rings. The van der Waals surface area contributed by atoms with Crippen molar-refractivity contribution in [2.24, 2.45) is 0 Å². The highest BCUT2D eigenvalue weighted by Crippen LogP contribution is 2.13. The van der Waals surface area contributed by atoms with E-state index in [2.05, 4.69) is 6.92 Å². The molecular formula is C15H24O3S. The van der Waals surface area contributed by atoms with E-state index < -0.39 is 10.1 Å². The van der Waals surface area contributed by atoms with E-state index in [0.717, 1.165) is 12.8 Å². The highest BCUT2D eigenvalue weighted by Gasteiger charge is 2.11. The van der Waals surface area contributed by atoms with Gasteiger partial charge < -0.3 is 4.18 Å². The second-order valence-electron chi connectivity index (χ2n) is 4.78. The van der Waals surface area contributed by atoms with Gasteiger partial charge in [0, 0.05) is 0 Å². The quantitative estimate of drug-likeness (QED) is 0.479. The average Bonchev–Trinajstić information content (AvgIpc) is 2.38. The largest absolute Gasteiger partial charge is 0.382 e. The summed E-state index contributed by atoms with van der Waals surface area (Å²) >= 11 is 0. The standard InChI is InChI=1S/C15H24O3S/c1-2-3-4-5-6-7-11-14-19(16,17)18-15-12-9-8-10-13-15/h8-10,12-13H,2-7,11,14H2,1H3. The Morgan fingerprint density at radius 2 is 1.47 bits per heavy atom. The third-order valence-corrected chi connectivity index (χ3v) is 4.20. The minimum atomic E-state index is -3.43. The second kappa shape index (κ2) is 8.97. The Kier molecular flexibility index (Phi) is 7.56. The van der Waals surface area contributed by atoms with Gasteiger partial charge in [0.05, 0.1) is 5.75 Å². The molecule has 1 aromatic rings. The molecule has 19 heavy (non-hydrogen) atoms. The number of benzene rings is 1. The molecule has 0 radical (unpaired) electrons. The lowest BCUT2D eigenvalue weighted by molar-refractivity contribution is 0.481. The van der Waals surface area contributed by atoms with Gasteiger partial charge >= 0.3 is 10.1 Å². The van der Waals surface area contributed by atoms with Crippen molar-refractivity contribution in [3.63, 3.8) is 0 Å². The molecule has 0 atom stereocenters. The molecular weight excluding hydrogens is 260 g/mol. The summed E-state index contributed by atoms with van der Waals surface area (Å²) < 4.78 is 28.4. The molecule has 0 saturated carbocycles. The fraction of sp³-hybridized carbons (Fsp3) is 0.600. The predicted molar refractivity (Wildman–Crippen MR) is 78.8 cm³/mol. The number of hydrogen-bond acceptors (Lipinski definition) is 3. The normalized spacial score (nSPS) is 11.4. The molecule has 108 valence electrons. The molecule has 0 aliphatic rings. The first-order chi connectivity index (χ1) is 9.14. The number of hydrogen-bond donors (Lipinski definition) is 0.